The zero-order chi connectivity index (χ0) is 13.9. The van der Waals surface area contributed by atoms with Crippen LogP contribution in [0.1, 0.15) is 44.2 Å². The molecule has 3 heteroatoms. The van der Waals surface area contributed by atoms with E-state index >= 15 is 0 Å². The lowest BCUT2D eigenvalue weighted by Crippen LogP contribution is -2.40. The summed E-state index contributed by atoms with van der Waals surface area (Å²) in [4.78, 5) is 4.09. The molecule has 110 valence electrons. The van der Waals surface area contributed by atoms with Crippen LogP contribution in [0.5, 0.6) is 0 Å². The van der Waals surface area contributed by atoms with Crippen LogP contribution in [0.2, 0.25) is 0 Å². The van der Waals surface area contributed by atoms with Gasteiger partial charge < -0.3 is 5.32 Å². The Bertz CT molecular complexity index is 421. The smallest absolute Gasteiger partial charge is 0.0323 e. The minimum absolute atomic E-state index is 0.542. The molecule has 1 aliphatic carbocycles. The molecule has 2 fully saturated rings. The van der Waals surface area contributed by atoms with Crippen molar-refractivity contribution < 1.29 is 0 Å². The monoisotopic (exact) mass is 290 g/mol. The molecule has 0 amide bonds. The Labute approximate surface area is 127 Å². The van der Waals surface area contributed by atoms with E-state index in [-0.39, 0.29) is 0 Å². The Morgan fingerprint density at radius 3 is 2.55 bits per heavy atom. The van der Waals surface area contributed by atoms with Gasteiger partial charge in [-0.3, -0.25) is 4.90 Å². The summed E-state index contributed by atoms with van der Waals surface area (Å²) in [7, 11) is 0. The molecule has 20 heavy (non-hydrogen) atoms. The SMILES string of the molecule is CSc1ccc(C(C)N(CC2CCCN2)C2CC2)cc1. The van der Waals surface area contributed by atoms with Crippen molar-refractivity contribution >= 4 is 11.8 Å². The number of nitrogens with one attached hydrogen (secondary N) is 1. The molecule has 1 N–H and O–H groups in total. The van der Waals surface area contributed by atoms with Crippen LogP contribution in [-0.4, -0.2) is 36.3 Å². The van der Waals surface area contributed by atoms with Gasteiger partial charge in [0.1, 0.15) is 0 Å². The van der Waals surface area contributed by atoms with Gasteiger partial charge in [-0.1, -0.05) is 12.1 Å². The van der Waals surface area contributed by atoms with E-state index in [0.29, 0.717) is 12.1 Å². The van der Waals surface area contributed by atoms with Gasteiger partial charge in [0, 0.05) is 29.6 Å². The van der Waals surface area contributed by atoms with Crippen LogP contribution < -0.4 is 5.32 Å². The Kier molecular flexibility index (Phi) is 4.69. The Morgan fingerprint density at radius 2 is 2.00 bits per heavy atom. The number of hydrogen-bond acceptors (Lipinski definition) is 3. The van der Waals surface area contributed by atoms with Crippen molar-refractivity contribution in [3.63, 3.8) is 0 Å². The molecule has 0 radical (unpaired) electrons. The second kappa shape index (κ2) is 6.50. The molecule has 2 nitrogen and oxygen atoms in total. The Morgan fingerprint density at radius 1 is 1.25 bits per heavy atom. The molecule has 3 rings (SSSR count). The normalized spacial score (nSPS) is 24.2. The third-order valence-electron chi connectivity index (χ3n) is 4.71. The molecule has 2 atom stereocenters. The summed E-state index contributed by atoms with van der Waals surface area (Å²) in [6, 6.07) is 11.2. The van der Waals surface area contributed by atoms with Crippen molar-refractivity contribution in [2.75, 3.05) is 19.3 Å². The number of benzene rings is 1. The standard InChI is InChI=1S/C17H26N2S/c1-13(14-5-9-17(20-2)10-6-14)19(16-7-8-16)12-15-4-3-11-18-15/h5-6,9-10,13,15-16,18H,3-4,7-8,11-12H2,1-2H3. The van der Waals surface area contributed by atoms with Crippen molar-refractivity contribution in [3.05, 3.63) is 29.8 Å². The summed E-state index contributed by atoms with van der Waals surface area (Å²) in [6.45, 7) is 4.80. The summed E-state index contributed by atoms with van der Waals surface area (Å²) < 4.78 is 0. The van der Waals surface area contributed by atoms with Crippen LogP contribution in [-0.2, 0) is 0 Å². The molecule has 1 heterocycles. The number of hydrogen-bond donors (Lipinski definition) is 1. The van der Waals surface area contributed by atoms with E-state index in [1.807, 2.05) is 11.8 Å². The van der Waals surface area contributed by atoms with E-state index in [9.17, 15) is 0 Å². The summed E-state index contributed by atoms with van der Waals surface area (Å²) in [5.41, 5.74) is 1.47. The van der Waals surface area contributed by atoms with E-state index in [1.54, 1.807) is 0 Å². The lowest BCUT2D eigenvalue weighted by molar-refractivity contribution is 0.182. The van der Waals surface area contributed by atoms with E-state index in [4.69, 9.17) is 0 Å². The van der Waals surface area contributed by atoms with Gasteiger partial charge in [-0.25, -0.2) is 0 Å². The van der Waals surface area contributed by atoms with Crippen molar-refractivity contribution in [1.29, 1.82) is 0 Å². The van der Waals surface area contributed by atoms with Gasteiger partial charge in [0.2, 0.25) is 0 Å². The highest BCUT2D eigenvalue weighted by Gasteiger charge is 2.34. The maximum Gasteiger partial charge on any atom is 0.0323 e. The first-order chi connectivity index (χ1) is 9.78. The largest absolute Gasteiger partial charge is 0.313 e. The molecule has 1 aromatic rings. The average Bonchev–Trinajstić information content (AvgIpc) is 3.21. The Hall–Kier alpha value is -0.510. The molecular formula is C17H26N2S. The minimum atomic E-state index is 0.542. The molecule has 2 aliphatic rings. The molecule has 0 spiro atoms. The summed E-state index contributed by atoms with van der Waals surface area (Å²) in [6.07, 6.45) is 7.61. The van der Waals surface area contributed by atoms with Crippen molar-refractivity contribution in [2.45, 2.75) is 55.6 Å². The third kappa shape index (κ3) is 3.38. The van der Waals surface area contributed by atoms with Crippen LogP contribution in [0.4, 0.5) is 0 Å². The second-order valence-electron chi connectivity index (χ2n) is 6.17. The fraction of sp³-hybridized carbons (Fsp3) is 0.647. The molecular weight excluding hydrogens is 264 g/mol. The van der Waals surface area contributed by atoms with Crippen molar-refractivity contribution in [2.24, 2.45) is 0 Å². The predicted octanol–water partition coefficient (Wildman–Crippen LogP) is 3.69. The molecule has 1 saturated heterocycles. The topological polar surface area (TPSA) is 15.3 Å². The summed E-state index contributed by atoms with van der Waals surface area (Å²) in [5, 5.41) is 3.65. The number of nitrogens with zero attached hydrogens (tertiary/aromatic N) is 1. The zero-order valence-corrected chi connectivity index (χ0v) is 13.5. The fourth-order valence-electron chi connectivity index (χ4n) is 3.27. The second-order valence-corrected chi connectivity index (χ2v) is 7.05. The van der Waals surface area contributed by atoms with Gasteiger partial charge in [0.25, 0.3) is 0 Å². The van der Waals surface area contributed by atoms with Crippen LogP contribution in [0.25, 0.3) is 0 Å². The molecule has 1 aromatic carbocycles. The van der Waals surface area contributed by atoms with E-state index in [1.165, 1.54) is 49.2 Å². The van der Waals surface area contributed by atoms with E-state index in [2.05, 4.69) is 47.7 Å². The highest BCUT2D eigenvalue weighted by molar-refractivity contribution is 7.98. The molecule has 1 saturated carbocycles. The first-order valence-electron chi connectivity index (χ1n) is 7.91. The van der Waals surface area contributed by atoms with Gasteiger partial charge in [-0.2, -0.15) is 0 Å². The van der Waals surface area contributed by atoms with Crippen molar-refractivity contribution in [3.8, 4) is 0 Å². The lowest BCUT2D eigenvalue weighted by Gasteiger charge is -2.32. The van der Waals surface area contributed by atoms with Crippen LogP contribution >= 0.6 is 11.8 Å². The first-order valence-corrected chi connectivity index (χ1v) is 9.13. The third-order valence-corrected chi connectivity index (χ3v) is 5.45. The van der Waals surface area contributed by atoms with Crippen LogP contribution in [0, 0.1) is 0 Å². The molecule has 2 unspecified atom stereocenters. The number of rotatable bonds is 6. The van der Waals surface area contributed by atoms with Gasteiger partial charge in [-0.15, -0.1) is 11.8 Å². The molecule has 0 bridgehead atoms. The van der Waals surface area contributed by atoms with E-state index < -0.39 is 0 Å². The summed E-state index contributed by atoms with van der Waals surface area (Å²) >= 11 is 1.82. The van der Waals surface area contributed by atoms with Crippen LogP contribution in [0.3, 0.4) is 0 Å². The maximum atomic E-state index is 3.65. The highest BCUT2D eigenvalue weighted by atomic mass is 32.2. The predicted molar refractivity (Wildman–Crippen MR) is 87.4 cm³/mol. The van der Waals surface area contributed by atoms with Gasteiger partial charge >= 0.3 is 0 Å². The van der Waals surface area contributed by atoms with Gasteiger partial charge in [-0.05, 0) is 63.1 Å². The highest BCUT2D eigenvalue weighted by Crippen LogP contribution is 2.35. The zero-order valence-electron chi connectivity index (χ0n) is 12.6. The van der Waals surface area contributed by atoms with Gasteiger partial charge in [0.15, 0.2) is 0 Å². The van der Waals surface area contributed by atoms with E-state index in [0.717, 1.165) is 6.04 Å². The number of thioether (sulfide) groups is 1. The van der Waals surface area contributed by atoms with Crippen molar-refractivity contribution in [1.82, 2.24) is 10.2 Å². The fourth-order valence-corrected chi connectivity index (χ4v) is 3.68. The lowest BCUT2D eigenvalue weighted by atomic mass is 10.1. The Balaban J connectivity index is 1.68. The maximum absolute atomic E-state index is 3.65. The van der Waals surface area contributed by atoms with Gasteiger partial charge in [0.05, 0.1) is 0 Å². The first kappa shape index (κ1) is 14.4. The molecule has 1 aliphatic heterocycles. The summed E-state index contributed by atoms with van der Waals surface area (Å²) in [5.74, 6) is 0. The quantitative estimate of drug-likeness (QED) is 0.805. The van der Waals surface area contributed by atoms with Crippen LogP contribution in [0.15, 0.2) is 29.2 Å². The minimum Gasteiger partial charge on any atom is -0.313 e. The average molecular weight is 290 g/mol. The molecule has 0 aromatic heterocycles.